The van der Waals surface area contributed by atoms with Crippen LogP contribution in [0, 0.1) is 5.92 Å². The van der Waals surface area contributed by atoms with Crippen LogP contribution in [0.5, 0.6) is 0 Å². The van der Waals surface area contributed by atoms with Crippen molar-refractivity contribution in [2.45, 2.75) is 13.8 Å². The lowest BCUT2D eigenvalue weighted by Gasteiger charge is -2.17. The van der Waals surface area contributed by atoms with Crippen LogP contribution in [0.3, 0.4) is 0 Å². The van der Waals surface area contributed by atoms with Gasteiger partial charge in [-0.25, -0.2) is 4.90 Å². The minimum atomic E-state index is -0.208. The van der Waals surface area contributed by atoms with Gasteiger partial charge in [-0.1, -0.05) is 38.1 Å². The average molecular weight is 239 g/mol. The van der Waals surface area contributed by atoms with Crippen LogP contribution in [0.1, 0.15) is 24.2 Å². The zero-order valence-corrected chi connectivity index (χ0v) is 10.3. The second-order valence-electron chi connectivity index (χ2n) is 4.81. The minimum Gasteiger partial charge on any atom is -0.274 e. The van der Waals surface area contributed by atoms with E-state index in [1.165, 1.54) is 4.90 Å². The molecule has 1 aliphatic heterocycles. The van der Waals surface area contributed by atoms with E-state index in [4.69, 9.17) is 0 Å². The smallest absolute Gasteiger partial charge is 0.265 e. The number of rotatable bonds is 1. The van der Waals surface area contributed by atoms with E-state index in [2.05, 4.69) is 0 Å². The van der Waals surface area contributed by atoms with Crippen LogP contribution in [0.25, 0.3) is 10.8 Å². The first-order valence-corrected chi connectivity index (χ1v) is 6.01. The summed E-state index contributed by atoms with van der Waals surface area (Å²) in [4.78, 5) is 25.8. The van der Waals surface area contributed by atoms with Crippen LogP contribution < -0.4 is 4.90 Å². The molecule has 0 saturated heterocycles. The first kappa shape index (κ1) is 11.0. The van der Waals surface area contributed by atoms with E-state index in [1.54, 1.807) is 19.9 Å². The van der Waals surface area contributed by atoms with Crippen LogP contribution in [0.15, 0.2) is 36.4 Å². The molecule has 2 aromatic rings. The maximum Gasteiger partial charge on any atom is 0.265 e. The number of anilines is 1. The molecule has 90 valence electrons. The molecule has 3 rings (SSSR count). The fourth-order valence-electron chi connectivity index (χ4n) is 2.39. The molecular formula is C15H13NO2. The lowest BCUT2D eigenvalue weighted by molar-refractivity contribution is -0.120. The highest BCUT2D eigenvalue weighted by molar-refractivity contribution is 6.33. The van der Waals surface area contributed by atoms with Gasteiger partial charge in [0.1, 0.15) is 0 Å². The van der Waals surface area contributed by atoms with Crippen molar-refractivity contribution >= 4 is 28.3 Å². The molecule has 3 heteroatoms. The van der Waals surface area contributed by atoms with E-state index >= 15 is 0 Å². The molecule has 0 atom stereocenters. The number of carbonyl (C=O) groups excluding carboxylic acids is 2. The number of carbonyl (C=O) groups is 2. The molecule has 0 bridgehead atoms. The topological polar surface area (TPSA) is 37.4 Å². The van der Waals surface area contributed by atoms with Crippen molar-refractivity contribution in [3.05, 3.63) is 42.0 Å². The Morgan fingerprint density at radius 3 is 2.44 bits per heavy atom. The molecule has 0 unspecified atom stereocenters. The normalized spacial score (nSPS) is 13.7. The fourth-order valence-corrected chi connectivity index (χ4v) is 2.39. The average Bonchev–Trinajstić information content (AvgIpc) is 2.65. The van der Waals surface area contributed by atoms with Crippen LogP contribution >= 0.6 is 0 Å². The second kappa shape index (κ2) is 3.67. The maximum absolute atomic E-state index is 12.3. The molecule has 2 aromatic carbocycles. The molecule has 18 heavy (non-hydrogen) atoms. The summed E-state index contributed by atoms with van der Waals surface area (Å²) in [5, 5.41) is 1.89. The van der Waals surface area contributed by atoms with E-state index in [9.17, 15) is 9.59 Å². The summed E-state index contributed by atoms with van der Waals surface area (Å²) in [6, 6.07) is 11.3. The Morgan fingerprint density at radius 2 is 1.78 bits per heavy atom. The van der Waals surface area contributed by atoms with Crippen molar-refractivity contribution in [2.75, 3.05) is 4.90 Å². The molecule has 0 saturated carbocycles. The molecule has 0 aliphatic carbocycles. The molecule has 0 radical (unpaired) electrons. The van der Waals surface area contributed by atoms with Crippen molar-refractivity contribution < 1.29 is 9.59 Å². The monoisotopic (exact) mass is 239 g/mol. The standard InChI is InChI=1S/C15H13NO2/c1-9(2)14(17)16-12-8-4-6-10-5-3-7-11(13(10)12)15(16)18/h3-9H,1-2H3. The van der Waals surface area contributed by atoms with Crippen molar-refractivity contribution in [2.24, 2.45) is 5.92 Å². The Balaban J connectivity index is 2.29. The SMILES string of the molecule is CC(C)C(=O)N1C(=O)c2cccc3cccc1c23. The van der Waals surface area contributed by atoms with E-state index in [-0.39, 0.29) is 17.7 Å². The molecule has 1 aliphatic rings. The number of hydrogen-bond acceptors (Lipinski definition) is 2. The van der Waals surface area contributed by atoms with Gasteiger partial charge in [0.05, 0.1) is 11.3 Å². The number of hydrogen-bond donors (Lipinski definition) is 0. The van der Waals surface area contributed by atoms with Gasteiger partial charge in [0.2, 0.25) is 5.91 Å². The molecule has 2 amide bonds. The Labute approximate surface area is 105 Å². The van der Waals surface area contributed by atoms with E-state index in [1.807, 2.05) is 30.3 Å². The summed E-state index contributed by atoms with van der Waals surface area (Å²) < 4.78 is 0. The molecule has 0 fully saturated rings. The second-order valence-corrected chi connectivity index (χ2v) is 4.81. The first-order chi connectivity index (χ1) is 8.61. The summed E-state index contributed by atoms with van der Waals surface area (Å²) in [6.45, 7) is 3.61. The van der Waals surface area contributed by atoms with Crippen molar-refractivity contribution in [3.8, 4) is 0 Å². The maximum atomic E-state index is 12.3. The molecule has 1 heterocycles. The lowest BCUT2D eigenvalue weighted by Crippen LogP contribution is -2.36. The third-order valence-corrected chi connectivity index (χ3v) is 3.27. The third kappa shape index (κ3) is 1.30. The van der Waals surface area contributed by atoms with Gasteiger partial charge < -0.3 is 0 Å². The molecule has 0 N–H and O–H groups in total. The number of benzene rings is 2. The molecule has 0 aromatic heterocycles. The zero-order chi connectivity index (χ0) is 12.9. The van der Waals surface area contributed by atoms with E-state index in [0.29, 0.717) is 11.3 Å². The lowest BCUT2D eigenvalue weighted by atomic mass is 10.1. The quantitative estimate of drug-likeness (QED) is 0.767. The highest BCUT2D eigenvalue weighted by Gasteiger charge is 2.34. The number of nitrogens with zero attached hydrogens (tertiary/aromatic N) is 1. The summed E-state index contributed by atoms with van der Waals surface area (Å²) in [5.74, 6) is -0.553. The van der Waals surface area contributed by atoms with E-state index in [0.717, 1.165) is 10.8 Å². The van der Waals surface area contributed by atoms with Gasteiger partial charge in [-0.3, -0.25) is 9.59 Å². The minimum absolute atomic E-state index is 0.149. The van der Waals surface area contributed by atoms with Crippen LogP contribution in [-0.4, -0.2) is 11.8 Å². The van der Waals surface area contributed by atoms with Gasteiger partial charge in [-0.2, -0.15) is 0 Å². The van der Waals surface area contributed by atoms with Crippen LogP contribution in [0.4, 0.5) is 5.69 Å². The van der Waals surface area contributed by atoms with Crippen LogP contribution in [0.2, 0.25) is 0 Å². The van der Waals surface area contributed by atoms with Gasteiger partial charge in [0.15, 0.2) is 0 Å². The number of amides is 2. The third-order valence-electron chi connectivity index (χ3n) is 3.27. The van der Waals surface area contributed by atoms with Gasteiger partial charge >= 0.3 is 0 Å². The summed E-state index contributed by atoms with van der Waals surface area (Å²) in [5.41, 5.74) is 1.34. The highest BCUT2D eigenvalue weighted by atomic mass is 16.2. The Morgan fingerprint density at radius 1 is 1.11 bits per heavy atom. The number of imide groups is 1. The van der Waals surface area contributed by atoms with Crippen molar-refractivity contribution in [1.82, 2.24) is 0 Å². The zero-order valence-electron chi connectivity index (χ0n) is 10.3. The molecule has 3 nitrogen and oxygen atoms in total. The van der Waals surface area contributed by atoms with Gasteiger partial charge in [0.25, 0.3) is 5.91 Å². The summed E-state index contributed by atoms with van der Waals surface area (Å²) >= 11 is 0. The first-order valence-electron chi connectivity index (χ1n) is 6.01. The predicted octanol–water partition coefficient (Wildman–Crippen LogP) is 2.98. The Kier molecular flexibility index (Phi) is 2.23. The van der Waals surface area contributed by atoms with Crippen molar-refractivity contribution in [3.63, 3.8) is 0 Å². The van der Waals surface area contributed by atoms with Gasteiger partial charge in [0, 0.05) is 11.3 Å². The van der Waals surface area contributed by atoms with E-state index < -0.39 is 0 Å². The fraction of sp³-hybridized carbons (Fsp3) is 0.200. The van der Waals surface area contributed by atoms with Crippen molar-refractivity contribution in [1.29, 1.82) is 0 Å². The molecule has 0 spiro atoms. The van der Waals surface area contributed by atoms with Crippen LogP contribution in [-0.2, 0) is 4.79 Å². The van der Waals surface area contributed by atoms with Gasteiger partial charge in [-0.05, 0) is 17.5 Å². The predicted molar refractivity (Wildman–Crippen MR) is 70.6 cm³/mol. The molecular weight excluding hydrogens is 226 g/mol. The Hall–Kier alpha value is -2.16. The summed E-state index contributed by atoms with van der Waals surface area (Å²) in [7, 11) is 0. The summed E-state index contributed by atoms with van der Waals surface area (Å²) in [6.07, 6.45) is 0. The Bertz CT molecular complexity index is 668. The largest absolute Gasteiger partial charge is 0.274 e. The highest BCUT2D eigenvalue weighted by Crippen LogP contribution is 2.37. The van der Waals surface area contributed by atoms with Gasteiger partial charge in [-0.15, -0.1) is 0 Å².